The summed E-state index contributed by atoms with van der Waals surface area (Å²) in [4.78, 5) is 38.1. The Morgan fingerprint density at radius 3 is 2.73 bits per heavy atom. The highest BCUT2D eigenvalue weighted by molar-refractivity contribution is 6.01. The number of hydrogen-bond donors (Lipinski definition) is 1. The number of carbonyl (C=O) groups is 3. The van der Waals surface area contributed by atoms with E-state index < -0.39 is 0 Å². The van der Waals surface area contributed by atoms with Crippen molar-refractivity contribution in [2.75, 3.05) is 25.5 Å². The predicted octanol–water partition coefficient (Wildman–Crippen LogP) is 0.583. The Labute approximate surface area is 149 Å². The fourth-order valence-electron chi connectivity index (χ4n) is 2.77. The summed E-state index contributed by atoms with van der Waals surface area (Å²) >= 11 is 0. The van der Waals surface area contributed by atoms with Crippen LogP contribution in [-0.4, -0.2) is 68.0 Å². The Kier molecular flexibility index (Phi) is 4.92. The Morgan fingerprint density at radius 2 is 2.12 bits per heavy atom. The van der Waals surface area contributed by atoms with Crippen LogP contribution in [0.1, 0.15) is 18.4 Å². The molecule has 1 N–H and O–H groups in total. The molecule has 2 aromatic rings. The number of rotatable bonds is 6. The highest BCUT2D eigenvalue weighted by atomic mass is 16.2. The number of amides is 4. The first-order valence-corrected chi connectivity index (χ1v) is 8.15. The van der Waals surface area contributed by atoms with Crippen LogP contribution >= 0.6 is 0 Å². The molecule has 4 amide bonds. The second-order valence-corrected chi connectivity index (χ2v) is 6.09. The molecule has 1 aromatic carbocycles. The Balaban J connectivity index is 1.51. The van der Waals surface area contributed by atoms with Crippen LogP contribution in [0.15, 0.2) is 24.5 Å². The van der Waals surface area contributed by atoms with E-state index in [2.05, 4.69) is 20.8 Å². The minimum Gasteiger partial charge on any atom is -0.326 e. The van der Waals surface area contributed by atoms with Crippen LogP contribution in [0.25, 0.3) is 5.69 Å². The Hall–Kier alpha value is -3.30. The molecule has 0 aliphatic carbocycles. The summed E-state index contributed by atoms with van der Waals surface area (Å²) in [5, 5.41) is 13.9. The van der Waals surface area contributed by atoms with Gasteiger partial charge < -0.3 is 10.2 Å². The van der Waals surface area contributed by atoms with E-state index in [9.17, 15) is 14.4 Å². The first kappa shape index (κ1) is 17.5. The zero-order valence-electron chi connectivity index (χ0n) is 14.5. The molecule has 2 heterocycles. The van der Waals surface area contributed by atoms with Crippen molar-refractivity contribution in [1.82, 2.24) is 30.0 Å². The number of tetrazole rings is 1. The standard InChI is InChI=1S/C16H19N7O3/c1-11-8-12(5-6-13(11)23-10-17-19-20-23)18-14(24)4-3-7-22-15(25)9-21(2)16(22)26/h5-6,8,10H,3-4,7,9H2,1-2H3,(H,18,24). The number of anilines is 1. The summed E-state index contributed by atoms with van der Waals surface area (Å²) in [7, 11) is 1.58. The fourth-order valence-corrected chi connectivity index (χ4v) is 2.77. The van der Waals surface area contributed by atoms with Gasteiger partial charge in [-0.3, -0.25) is 14.5 Å². The minimum atomic E-state index is -0.316. The van der Waals surface area contributed by atoms with Crippen molar-refractivity contribution in [2.45, 2.75) is 19.8 Å². The van der Waals surface area contributed by atoms with Gasteiger partial charge in [-0.1, -0.05) is 0 Å². The molecule has 10 nitrogen and oxygen atoms in total. The van der Waals surface area contributed by atoms with Crippen LogP contribution < -0.4 is 5.32 Å². The zero-order chi connectivity index (χ0) is 18.7. The molecule has 26 heavy (non-hydrogen) atoms. The van der Waals surface area contributed by atoms with Crippen molar-refractivity contribution in [2.24, 2.45) is 0 Å². The van der Waals surface area contributed by atoms with Gasteiger partial charge in [0, 0.05) is 25.7 Å². The molecule has 1 saturated heterocycles. The van der Waals surface area contributed by atoms with Gasteiger partial charge in [-0.05, 0) is 47.5 Å². The van der Waals surface area contributed by atoms with E-state index >= 15 is 0 Å². The van der Waals surface area contributed by atoms with Crippen molar-refractivity contribution in [3.63, 3.8) is 0 Å². The molecule has 1 fully saturated rings. The maximum atomic E-state index is 12.1. The highest BCUT2D eigenvalue weighted by Crippen LogP contribution is 2.18. The Bertz CT molecular complexity index is 834. The number of imide groups is 1. The molecular weight excluding hydrogens is 338 g/mol. The third-order valence-corrected chi connectivity index (χ3v) is 4.09. The summed E-state index contributed by atoms with van der Waals surface area (Å²) < 4.78 is 1.54. The lowest BCUT2D eigenvalue weighted by molar-refractivity contribution is -0.125. The first-order chi connectivity index (χ1) is 12.5. The maximum absolute atomic E-state index is 12.1. The molecular formula is C16H19N7O3. The topological polar surface area (TPSA) is 113 Å². The van der Waals surface area contributed by atoms with Crippen molar-refractivity contribution in [3.8, 4) is 5.69 Å². The van der Waals surface area contributed by atoms with Crippen molar-refractivity contribution in [1.29, 1.82) is 0 Å². The SMILES string of the molecule is Cc1cc(NC(=O)CCCN2C(=O)CN(C)C2=O)ccc1-n1cnnn1. The van der Waals surface area contributed by atoms with Gasteiger partial charge in [-0.2, -0.15) is 0 Å². The molecule has 136 valence electrons. The number of nitrogens with zero attached hydrogens (tertiary/aromatic N) is 6. The molecule has 1 aromatic heterocycles. The van der Waals surface area contributed by atoms with E-state index in [1.54, 1.807) is 17.8 Å². The average Bonchev–Trinajstić information content (AvgIpc) is 3.19. The first-order valence-electron chi connectivity index (χ1n) is 8.15. The minimum absolute atomic E-state index is 0.0952. The van der Waals surface area contributed by atoms with E-state index in [-0.39, 0.29) is 37.4 Å². The van der Waals surface area contributed by atoms with Crippen molar-refractivity contribution >= 4 is 23.5 Å². The normalized spacial score (nSPS) is 14.2. The van der Waals surface area contributed by atoms with Crippen LogP contribution in [0.2, 0.25) is 0 Å². The second kappa shape index (κ2) is 7.30. The maximum Gasteiger partial charge on any atom is 0.326 e. The number of aryl methyl sites for hydroxylation is 1. The summed E-state index contributed by atoms with van der Waals surface area (Å²) in [6.45, 7) is 2.23. The summed E-state index contributed by atoms with van der Waals surface area (Å²) in [6, 6.07) is 5.10. The van der Waals surface area contributed by atoms with Gasteiger partial charge in [0.25, 0.3) is 0 Å². The third-order valence-electron chi connectivity index (χ3n) is 4.09. The van der Waals surface area contributed by atoms with E-state index in [0.29, 0.717) is 12.1 Å². The van der Waals surface area contributed by atoms with E-state index in [1.807, 2.05) is 19.1 Å². The molecule has 0 bridgehead atoms. The predicted molar refractivity (Wildman–Crippen MR) is 91.5 cm³/mol. The molecule has 0 atom stereocenters. The summed E-state index contributed by atoms with van der Waals surface area (Å²) in [5.74, 6) is -0.404. The smallest absolute Gasteiger partial charge is 0.326 e. The Morgan fingerprint density at radius 1 is 1.31 bits per heavy atom. The van der Waals surface area contributed by atoms with Crippen LogP contribution in [0.5, 0.6) is 0 Å². The summed E-state index contributed by atoms with van der Waals surface area (Å²) in [5.41, 5.74) is 2.40. The van der Waals surface area contributed by atoms with Gasteiger partial charge in [0.15, 0.2) is 0 Å². The lowest BCUT2D eigenvalue weighted by Gasteiger charge is -2.14. The number of likely N-dealkylation sites (N-methyl/N-ethyl adjacent to an activating group) is 1. The third kappa shape index (κ3) is 3.68. The van der Waals surface area contributed by atoms with Crippen molar-refractivity contribution < 1.29 is 14.4 Å². The van der Waals surface area contributed by atoms with Gasteiger partial charge in [0.1, 0.15) is 12.9 Å². The number of urea groups is 1. The van der Waals surface area contributed by atoms with E-state index in [0.717, 1.165) is 11.3 Å². The molecule has 10 heteroatoms. The second-order valence-electron chi connectivity index (χ2n) is 6.09. The lowest BCUT2D eigenvalue weighted by atomic mass is 10.1. The molecule has 0 saturated carbocycles. The van der Waals surface area contributed by atoms with Crippen LogP contribution in [0.3, 0.4) is 0 Å². The summed E-state index contributed by atoms with van der Waals surface area (Å²) in [6.07, 6.45) is 2.13. The van der Waals surface area contributed by atoms with Crippen LogP contribution in [-0.2, 0) is 9.59 Å². The quantitative estimate of drug-likeness (QED) is 0.757. The van der Waals surface area contributed by atoms with Crippen molar-refractivity contribution in [3.05, 3.63) is 30.1 Å². The van der Waals surface area contributed by atoms with Gasteiger partial charge in [0.2, 0.25) is 11.8 Å². The molecule has 0 spiro atoms. The van der Waals surface area contributed by atoms with E-state index in [1.165, 1.54) is 16.1 Å². The van der Waals surface area contributed by atoms with Crippen LogP contribution in [0.4, 0.5) is 10.5 Å². The monoisotopic (exact) mass is 357 g/mol. The number of carbonyl (C=O) groups excluding carboxylic acids is 3. The molecule has 3 rings (SSSR count). The lowest BCUT2D eigenvalue weighted by Crippen LogP contribution is -2.32. The molecule has 0 radical (unpaired) electrons. The largest absolute Gasteiger partial charge is 0.326 e. The number of aromatic nitrogens is 4. The van der Waals surface area contributed by atoms with Gasteiger partial charge >= 0.3 is 6.03 Å². The average molecular weight is 357 g/mol. The molecule has 1 aliphatic heterocycles. The molecule has 1 aliphatic rings. The van der Waals surface area contributed by atoms with Gasteiger partial charge in [0.05, 0.1) is 5.69 Å². The van der Waals surface area contributed by atoms with Crippen LogP contribution in [0, 0.1) is 6.92 Å². The number of nitrogens with one attached hydrogen (secondary N) is 1. The highest BCUT2D eigenvalue weighted by Gasteiger charge is 2.32. The van der Waals surface area contributed by atoms with Gasteiger partial charge in [-0.15, -0.1) is 5.10 Å². The number of hydrogen-bond acceptors (Lipinski definition) is 6. The van der Waals surface area contributed by atoms with E-state index in [4.69, 9.17) is 0 Å². The molecule has 0 unspecified atom stereocenters. The fraction of sp³-hybridized carbons (Fsp3) is 0.375. The zero-order valence-corrected chi connectivity index (χ0v) is 14.5. The van der Waals surface area contributed by atoms with Gasteiger partial charge in [-0.25, -0.2) is 9.48 Å². The number of benzene rings is 1.